The normalized spacial score (nSPS) is 17.0. The van der Waals surface area contributed by atoms with Crippen molar-refractivity contribution in [3.8, 4) is 11.8 Å². The van der Waals surface area contributed by atoms with Crippen LogP contribution in [-0.4, -0.2) is 7.05 Å². The van der Waals surface area contributed by atoms with E-state index in [1.165, 1.54) is 28.1 Å². The number of rotatable bonds is 3. The van der Waals surface area contributed by atoms with Crippen LogP contribution in [0, 0.1) is 18.8 Å². The molecule has 0 aliphatic heterocycles. The van der Waals surface area contributed by atoms with Crippen LogP contribution in [0.3, 0.4) is 0 Å². The van der Waals surface area contributed by atoms with Crippen LogP contribution in [0.15, 0.2) is 66.8 Å². The van der Waals surface area contributed by atoms with Gasteiger partial charge in [0.05, 0.1) is 0 Å². The highest BCUT2D eigenvalue weighted by Gasteiger charge is 2.05. The molecule has 114 valence electrons. The zero-order chi connectivity index (χ0) is 16.1. The van der Waals surface area contributed by atoms with Gasteiger partial charge in [-0.05, 0) is 42.3 Å². The minimum atomic E-state index is 0.824. The molecule has 0 atom stereocenters. The molecule has 0 aromatic heterocycles. The monoisotopic (exact) mass is 299 g/mol. The third-order valence-corrected chi connectivity index (χ3v) is 4.08. The predicted molar refractivity (Wildman–Crippen MR) is 99.8 cm³/mol. The van der Waals surface area contributed by atoms with Gasteiger partial charge < -0.3 is 4.90 Å². The Labute approximate surface area is 139 Å². The number of allylic oxidation sites excluding steroid dienone is 4. The van der Waals surface area contributed by atoms with Crippen LogP contribution < -0.4 is 4.90 Å². The van der Waals surface area contributed by atoms with E-state index in [0.29, 0.717) is 0 Å². The first-order valence-electron chi connectivity index (χ1n) is 7.97. The highest BCUT2D eigenvalue weighted by atomic mass is 15.1. The second-order valence-corrected chi connectivity index (χ2v) is 5.77. The summed E-state index contributed by atoms with van der Waals surface area (Å²) in [4.78, 5) is 2.21. The Kier molecular flexibility index (Phi) is 4.64. The van der Waals surface area contributed by atoms with Crippen LogP contribution in [0.2, 0.25) is 0 Å². The summed E-state index contributed by atoms with van der Waals surface area (Å²) in [5, 5.41) is 0. The highest BCUT2D eigenvalue weighted by Crippen LogP contribution is 2.26. The second-order valence-electron chi connectivity index (χ2n) is 5.77. The lowest BCUT2D eigenvalue weighted by Crippen LogP contribution is -2.09. The fraction of sp³-hybridized carbons (Fsp3) is 0.182. The summed E-state index contributed by atoms with van der Waals surface area (Å²) in [6.45, 7) is 2.11. The SMILES string of the molecule is Cc1ccc(N(C)c2ccc(C3=C/CC#CC/C=C\3)cc2)cc1. The number of hydrogen-bond acceptors (Lipinski definition) is 1. The van der Waals surface area contributed by atoms with E-state index in [9.17, 15) is 0 Å². The summed E-state index contributed by atoms with van der Waals surface area (Å²) in [6.07, 6.45) is 8.16. The maximum Gasteiger partial charge on any atom is 0.0408 e. The van der Waals surface area contributed by atoms with Crippen LogP contribution in [0.1, 0.15) is 24.0 Å². The Hall–Kier alpha value is -2.72. The lowest BCUT2D eigenvalue weighted by Gasteiger charge is -2.20. The van der Waals surface area contributed by atoms with Crippen molar-refractivity contribution in [3.63, 3.8) is 0 Å². The third kappa shape index (κ3) is 3.73. The average Bonchev–Trinajstić information content (AvgIpc) is 2.55. The molecule has 2 aromatic carbocycles. The Balaban J connectivity index is 1.82. The molecule has 0 spiro atoms. The quantitative estimate of drug-likeness (QED) is 0.676. The predicted octanol–water partition coefficient (Wildman–Crippen LogP) is 5.50. The van der Waals surface area contributed by atoms with Gasteiger partial charge in [-0.1, -0.05) is 59.9 Å². The van der Waals surface area contributed by atoms with Gasteiger partial charge >= 0.3 is 0 Å². The van der Waals surface area contributed by atoms with Gasteiger partial charge in [-0.15, -0.1) is 0 Å². The summed E-state index contributed by atoms with van der Waals surface area (Å²) in [5.41, 5.74) is 6.16. The summed E-state index contributed by atoms with van der Waals surface area (Å²) >= 11 is 0. The van der Waals surface area contributed by atoms with Crippen LogP contribution >= 0.6 is 0 Å². The van der Waals surface area contributed by atoms with Gasteiger partial charge in [-0.2, -0.15) is 0 Å². The van der Waals surface area contributed by atoms with Crippen molar-refractivity contribution in [2.24, 2.45) is 0 Å². The van der Waals surface area contributed by atoms with Gasteiger partial charge in [0.15, 0.2) is 0 Å². The molecule has 0 N–H and O–H groups in total. The Morgan fingerprint density at radius 3 is 2.13 bits per heavy atom. The molecule has 0 saturated heterocycles. The van der Waals surface area contributed by atoms with E-state index in [4.69, 9.17) is 0 Å². The molecule has 0 saturated carbocycles. The van der Waals surface area contributed by atoms with Crippen LogP contribution in [0.5, 0.6) is 0 Å². The van der Waals surface area contributed by atoms with Gasteiger partial charge in [0.1, 0.15) is 0 Å². The molecule has 0 radical (unpaired) electrons. The number of aryl methyl sites for hydroxylation is 1. The Morgan fingerprint density at radius 1 is 0.826 bits per heavy atom. The molecule has 1 nitrogen and oxygen atoms in total. The van der Waals surface area contributed by atoms with Gasteiger partial charge in [0.2, 0.25) is 0 Å². The standard InChI is InChI=1S/C22H21N/c1-18-10-14-21(15-11-18)23(2)22-16-12-20(13-17-22)19-8-6-4-3-5-7-9-19/h6,8-17H,4,7H2,1-2H3/b8-6-,19-9+. The van der Waals surface area contributed by atoms with E-state index >= 15 is 0 Å². The summed E-state index contributed by atoms with van der Waals surface area (Å²) < 4.78 is 0. The first kappa shape index (κ1) is 15.2. The van der Waals surface area contributed by atoms with Crippen molar-refractivity contribution in [1.29, 1.82) is 0 Å². The van der Waals surface area contributed by atoms with Crippen molar-refractivity contribution in [3.05, 3.63) is 77.9 Å². The first-order valence-corrected chi connectivity index (χ1v) is 7.97. The fourth-order valence-electron chi connectivity index (χ4n) is 2.63. The van der Waals surface area contributed by atoms with E-state index in [2.05, 4.69) is 97.5 Å². The lowest BCUT2D eigenvalue weighted by atomic mass is 10.0. The van der Waals surface area contributed by atoms with Crippen LogP contribution in [0.4, 0.5) is 11.4 Å². The molecule has 1 aliphatic carbocycles. The zero-order valence-electron chi connectivity index (χ0n) is 13.7. The molecule has 0 fully saturated rings. The minimum Gasteiger partial charge on any atom is -0.345 e. The van der Waals surface area contributed by atoms with E-state index in [1.54, 1.807) is 0 Å². The molecular weight excluding hydrogens is 278 g/mol. The van der Waals surface area contributed by atoms with Crippen LogP contribution in [-0.2, 0) is 0 Å². The maximum absolute atomic E-state index is 3.16. The molecule has 0 unspecified atom stereocenters. The lowest BCUT2D eigenvalue weighted by molar-refractivity contribution is 1.20. The molecule has 0 amide bonds. The van der Waals surface area contributed by atoms with Crippen molar-refractivity contribution < 1.29 is 0 Å². The topological polar surface area (TPSA) is 3.24 Å². The van der Waals surface area contributed by atoms with Gasteiger partial charge in [0, 0.05) is 31.3 Å². The van der Waals surface area contributed by atoms with Gasteiger partial charge in [-0.3, -0.25) is 0 Å². The maximum atomic E-state index is 3.16. The van der Waals surface area contributed by atoms with E-state index in [-0.39, 0.29) is 0 Å². The van der Waals surface area contributed by atoms with Crippen molar-refractivity contribution in [1.82, 2.24) is 0 Å². The van der Waals surface area contributed by atoms with Crippen LogP contribution in [0.25, 0.3) is 5.57 Å². The fourth-order valence-corrected chi connectivity index (χ4v) is 2.63. The molecule has 3 rings (SSSR count). The van der Waals surface area contributed by atoms with Crippen molar-refractivity contribution in [2.75, 3.05) is 11.9 Å². The molecule has 1 aliphatic rings. The summed E-state index contributed by atoms with van der Waals surface area (Å²) in [5.74, 6) is 6.27. The second kappa shape index (κ2) is 7.03. The van der Waals surface area contributed by atoms with E-state index in [1.807, 2.05) is 0 Å². The highest BCUT2D eigenvalue weighted by molar-refractivity contribution is 5.76. The van der Waals surface area contributed by atoms with Gasteiger partial charge in [-0.25, -0.2) is 0 Å². The third-order valence-electron chi connectivity index (χ3n) is 4.08. The average molecular weight is 299 g/mol. The smallest absolute Gasteiger partial charge is 0.0408 e. The number of nitrogens with zero attached hydrogens (tertiary/aromatic N) is 1. The summed E-state index contributed by atoms with van der Waals surface area (Å²) in [7, 11) is 2.10. The minimum absolute atomic E-state index is 0.824. The molecular formula is C22H21N. The van der Waals surface area contributed by atoms with E-state index < -0.39 is 0 Å². The largest absolute Gasteiger partial charge is 0.345 e. The summed E-state index contributed by atoms with van der Waals surface area (Å²) in [6, 6.07) is 17.3. The number of hydrogen-bond donors (Lipinski definition) is 0. The molecule has 1 heteroatoms. The molecule has 0 heterocycles. The Bertz CT molecular complexity index is 781. The molecule has 23 heavy (non-hydrogen) atoms. The molecule has 2 aromatic rings. The molecule has 0 bridgehead atoms. The van der Waals surface area contributed by atoms with Crippen molar-refractivity contribution >= 4 is 16.9 Å². The number of anilines is 2. The van der Waals surface area contributed by atoms with Crippen molar-refractivity contribution in [2.45, 2.75) is 19.8 Å². The van der Waals surface area contributed by atoms with Gasteiger partial charge in [0.25, 0.3) is 0 Å². The first-order chi connectivity index (χ1) is 11.2. The zero-order valence-corrected chi connectivity index (χ0v) is 13.7. The Morgan fingerprint density at radius 2 is 1.43 bits per heavy atom. The van der Waals surface area contributed by atoms with E-state index in [0.717, 1.165) is 12.8 Å². The number of benzene rings is 2.